The smallest absolute Gasteiger partial charge is 0.314 e. The lowest BCUT2D eigenvalue weighted by Gasteiger charge is -1.98. The maximum absolute atomic E-state index is 10.1. The molecule has 0 atom stereocenters. The van der Waals surface area contributed by atoms with Gasteiger partial charge in [0.2, 0.25) is 0 Å². The van der Waals surface area contributed by atoms with Crippen LogP contribution < -0.4 is 5.32 Å². The third kappa shape index (κ3) is 3.28. The second-order valence-corrected chi connectivity index (χ2v) is 3.89. The molecule has 0 saturated heterocycles. The van der Waals surface area contributed by atoms with Crippen LogP contribution in [-0.2, 0) is 4.79 Å². The van der Waals surface area contributed by atoms with E-state index in [1.807, 2.05) is 61.5 Å². The van der Waals surface area contributed by atoms with Crippen LogP contribution in [0, 0.1) is 6.92 Å². The van der Waals surface area contributed by atoms with Crippen LogP contribution in [0.5, 0.6) is 0 Å². The second-order valence-electron chi connectivity index (χ2n) is 3.89. The highest BCUT2D eigenvalue weighted by Crippen LogP contribution is 2.11. The molecule has 0 aliphatic rings. The van der Waals surface area contributed by atoms with Crippen molar-refractivity contribution in [2.45, 2.75) is 6.92 Å². The Kier molecular flexibility index (Phi) is 3.86. The molecule has 1 radical (unpaired) electrons. The molecule has 1 aromatic carbocycles. The summed E-state index contributed by atoms with van der Waals surface area (Å²) in [5.41, 5.74) is 3.71. The third-order valence-electron chi connectivity index (χ3n) is 2.46. The van der Waals surface area contributed by atoms with Crippen molar-refractivity contribution in [1.82, 2.24) is 4.98 Å². The normalized spacial score (nSPS) is 10.5. The number of benzene rings is 1. The maximum atomic E-state index is 10.1. The Morgan fingerprint density at radius 3 is 2.56 bits per heavy atom. The molecule has 0 bridgehead atoms. The van der Waals surface area contributed by atoms with Gasteiger partial charge in [0.25, 0.3) is 0 Å². The average Bonchev–Trinajstić information content (AvgIpc) is 2.38. The number of hydrogen-bond donors (Lipinski definition) is 1. The van der Waals surface area contributed by atoms with E-state index in [1.165, 1.54) is 0 Å². The van der Waals surface area contributed by atoms with E-state index in [1.54, 1.807) is 6.41 Å². The van der Waals surface area contributed by atoms with Gasteiger partial charge < -0.3 is 5.32 Å². The Hall–Kier alpha value is -2.42. The summed E-state index contributed by atoms with van der Waals surface area (Å²) in [6.45, 7) is 1.97. The molecule has 2 aromatic rings. The summed E-state index contributed by atoms with van der Waals surface area (Å²) in [7, 11) is 0. The molecule has 2 rings (SSSR count). The average molecular weight is 237 g/mol. The molecule has 0 spiro atoms. The van der Waals surface area contributed by atoms with Crippen LogP contribution in [0.1, 0.15) is 17.0 Å². The number of hydrogen-bond acceptors (Lipinski definition) is 2. The summed E-state index contributed by atoms with van der Waals surface area (Å²) in [6.07, 6.45) is 5.58. The van der Waals surface area contributed by atoms with Crippen LogP contribution in [0.25, 0.3) is 12.2 Å². The van der Waals surface area contributed by atoms with Gasteiger partial charge in [0, 0.05) is 11.4 Å². The summed E-state index contributed by atoms with van der Waals surface area (Å²) < 4.78 is 0. The highest BCUT2D eigenvalue weighted by atomic mass is 16.1. The first kappa shape index (κ1) is 12.0. The first-order chi connectivity index (χ1) is 8.78. The van der Waals surface area contributed by atoms with Crippen molar-refractivity contribution < 1.29 is 4.79 Å². The number of pyridine rings is 1. The molecule has 0 unspecified atom stereocenters. The number of nitrogens with zero attached hydrogens (tertiary/aromatic N) is 1. The minimum Gasteiger partial charge on any atom is -0.318 e. The first-order valence-corrected chi connectivity index (χ1v) is 5.63. The molecular formula is C15H13N2O. The topological polar surface area (TPSA) is 42.0 Å². The Morgan fingerprint density at radius 1 is 1.11 bits per heavy atom. The van der Waals surface area contributed by atoms with Crippen LogP contribution >= 0.6 is 0 Å². The summed E-state index contributed by atoms with van der Waals surface area (Å²) in [5, 5.41) is 2.47. The number of amides is 1. The molecular weight excluding hydrogens is 224 g/mol. The van der Waals surface area contributed by atoms with Crippen LogP contribution in [0.15, 0.2) is 42.5 Å². The number of carbonyl (C=O) groups excluding carboxylic acids is 1. The molecule has 1 heterocycles. The number of rotatable bonds is 4. The van der Waals surface area contributed by atoms with Gasteiger partial charge in [-0.05, 0) is 42.8 Å². The van der Waals surface area contributed by atoms with Gasteiger partial charge in [-0.25, -0.2) is 0 Å². The molecule has 3 nitrogen and oxygen atoms in total. The first-order valence-electron chi connectivity index (χ1n) is 5.63. The summed E-state index contributed by atoms with van der Waals surface area (Å²) in [4.78, 5) is 14.5. The second kappa shape index (κ2) is 5.77. The monoisotopic (exact) mass is 237 g/mol. The lowest BCUT2D eigenvalue weighted by atomic mass is 10.2. The summed E-state index contributed by atoms with van der Waals surface area (Å²) in [6, 6.07) is 13.4. The van der Waals surface area contributed by atoms with Crippen molar-refractivity contribution in [3.8, 4) is 0 Å². The predicted octanol–water partition coefficient (Wildman–Crippen LogP) is 3.04. The fraction of sp³-hybridized carbons (Fsp3) is 0.0667. The Morgan fingerprint density at radius 2 is 1.89 bits per heavy atom. The standard InChI is InChI=1S/C15H13N2O/c1-12-3-2-4-15(17-12)10-7-13-5-8-14(9-6-13)16-11-18/h2-10H,1H3,(H,16,18). The molecule has 3 heteroatoms. The van der Waals surface area contributed by atoms with E-state index in [2.05, 4.69) is 10.3 Å². The lowest BCUT2D eigenvalue weighted by molar-refractivity contribution is 0.561. The van der Waals surface area contributed by atoms with E-state index in [4.69, 9.17) is 0 Å². The fourth-order valence-electron chi connectivity index (χ4n) is 1.58. The highest BCUT2D eigenvalue weighted by molar-refractivity contribution is 5.74. The lowest BCUT2D eigenvalue weighted by Crippen LogP contribution is -1.92. The van der Waals surface area contributed by atoms with E-state index in [0.29, 0.717) is 0 Å². The van der Waals surface area contributed by atoms with Crippen molar-refractivity contribution in [3.63, 3.8) is 0 Å². The fourth-order valence-corrected chi connectivity index (χ4v) is 1.58. The molecule has 0 aliphatic heterocycles. The predicted molar refractivity (Wildman–Crippen MR) is 73.7 cm³/mol. The molecule has 1 aromatic heterocycles. The molecule has 18 heavy (non-hydrogen) atoms. The largest absolute Gasteiger partial charge is 0.318 e. The Bertz CT molecular complexity index is 559. The maximum Gasteiger partial charge on any atom is 0.314 e. The molecule has 0 saturated carbocycles. The van der Waals surface area contributed by atoms with Crippen LogP contribution in [0.2, 0.25) is 0 Å². The van der Waals surface area contributed by atoms with E-state index in [-0.39, 0.29) is 0 Å². The molecule has 0 aliphatic carbocycles. The van der Waals surface area contributed by atoms with Gasteiger partial charge >= 0.3 is 6.41 Å². The van der Waals surface area contributed by atoms with Crippen molar-refractivity contribution in [2.24, 2.45) is 0 Å². The quantitative estimate of drug-likeness (QED) is 0.830. The molecule has 1 amide bonds. The zero-order valence-corrected chi connectivity index (χ0v) is 10.1. The molecule has 89 valence electrons. The van der Waals surface area contributed by atoms with E-state index in [0.717, 1.165) is 22.6 Å². The number of aromatic nitrogens is 1. The van der Waals surface area contributed by atoms with Crippen molar-refractivity contribution >= 4 is 24.2 Å². The van der Waals surface area contributed by atoms with Crippen molar-refractivity contribution in [2.75, 3.05) is 5.32 Å². The van der Waals surface area contributed by atoms with Gasteiger partial charge in [0.1, 0.15) is 0 Å². The summed E-state index contributed by atoms with van der Waals surface area (Å²) >= 11 is 0. The van der Waals surface area contributed by atoms with Crippen molar-refractivity contribution in [1.29, 1.82) is 0 Å². The third-order valence-corrected chi connectivity index (χ3v) is 2.46. The minimum atomic E-state index is 0.732. The van der Waals surface area contributed by atoms with Crippen LogP contribution in [-0.4, -0.2) is 11.4 Å². The zero-order valence-electron chi connectivity index (χ0n) is 10.1. The highest BCUT2D eigenvalue weighted by Gasteiger charge is 1.92. The van der Waals surface area contributed by atoms with E-state index in [9.17, 15) is 4.79 Å². The van der Waals surface area contributed by atoms with Gasteiger partial charge in [-0.15, -0.1) is 0 Å². The molecule has 0 fully saturated rings. The van der Waals surface area contributed by atoms with Gasteiger partial charge in [-0.2, -0.15) is 0 Å². The Labute approximate surface area is 106 Å². The van der Waals surface area contributed by atoms with Crippen LogP contribution in [0.4, 0.5) is 5.69 Å². The van der Waals surface area contributed by atoms with Crippen molar-refractivity contribution in [3.05, 3.63) is 59.4 Å². The minimum absolute atomic E-state index is 0.732. The SMILES string of the molecule is Cc1cccc(C=Cc2ccc(N[C]=O)cc2)n1. The van der Waals surface area contributed by atoms with Gasteiger partial charge in [-0.1, -0.05) is 24.3 Å². The number of aryl methyl sites for hydroxylation is 1. The van der Waals surface area contributed by atoms with Gasteiger partial charge in [0.05, 0.1) is 5.69 Å². The Balaban J connectivity index is 2.11. The van der Waals surface area contributed by atoms with Gasteiger partial charge in [0.15, 0.2) is 0 Å². The van der Waals surface area contributed by atoms with Crippen LogP contribution in [0.3, 0.4) is 0 Å². The molecule has 1 N–H and O–H groups in total. The van der Waals surface area contributed by atoms with E-state index < -0.39 is 0 Å². The van der Waals surface area contributed by atoms with E-state index >= 15 is 0 Å². The number of nitrogens with one attached hydrogen (secondary N) is 1. The summed E-state index contributed by atoms with van der Waals surface area (Å²) in [5.74, 6) is 0. The number of anilines is 1. The zero-order chi connectivity index (χ0) is 12.8. The van der Waals surface area contributed by atoms with Gasteiger partial charge in [-0.3, -0.25) is 9.78 Å².